The molecular weight excluding hydrogens is 373 g/mol. The summed E-state index contributed by atoms with van der Waals surface area (Å²) in [6.45, 7) is 2.44. The number of thiophene rings is 1. The zero-order valence-electron chi connectivity index (χ0n) is 14.4. The van der Waals surface area contributed by atoms with Crippen LogP contribution in [-0.4, -0.2) is 22.7 Å². The molecule has 0 saturated heterocycles. The maximum Gasteiger partial charge on any atom is 0.131 e. The fraction of sp³-hybridized carbons (Fsp3) is 0.316. The largest absolute Gasteiger partial charge is 0.396 e. The van der Waals surface area contributed by atoms with Gasteiger partial charge in [-0.2, -0.15) is 0 Å². The maximum atomic E-state index is 13.9. The highest BCUT2D eigenvalue weighted by Gasteiger charge is 2.16. The van der Waals surface area contributed by atoms with Gasteiger partial charge in [0, 0.05) is 35.7 Å². The summed E-state index contributed by atoms with van der Waals surface area (Å²) in [7, 11) is 0. The van der Waals surface area contributed by atoms with Gasteiger partial charge in [-0.25, -0.2) is 9.37 Å². The van der Waals surface area contributed by atoms with Crippen LogP contribution in [0.5, 0.6) is 0 Å². The molecule has 4 N–H and O–H groups in total. The van der Waals surface area contributed by atoms with Crippen LogP contribution in [0.1, 0.15) is 22.4 Å². The average Bonchev–Trinajstić information content (AvgIpc) is 2.90. The number of nitrogens with two attached hydrogens (primary N) is 1. The van der Waals surface area contributed by atoms with Crippen molar-refractivity contribution in [2.45, 2.75) is 32.4 Å². The summed E-state index contributed by atoms with van der Waals surface area (Å²) in [5.74, 6) is -0.241. The molecular formula is C19H21ClFN3OS. The monoisotopic (exact) mass is 393 g/mol. The first-order chi connectivity index (χ1) is 12.5. The van der Waals surface area contributed by atoms with E-state index in [4.69, 9.17) is 22.4 Å². The van der Waals surface area contributed by atoms with Gasteiger partial charge >= 0.3 is 0 Å². The van der Waals surface area contributed by atoms with Crippen molar-refractivity contribution in [3.05, 3.63) is 57.3 Å². The van der Waals surface area contributed by atoms with Gasteiger partial charge in [-0.3, -0.25) is 0 Å². The molecule has 4 nitrogen and oxygen atoms in total. The number of halogens is 2. The molecule has 1 aromatic carbocycles. The van der Waals surface area contributed by atoms with E-state index in [1.807, 2.05) is 13.0 Å². The van der Waals surface area contributed by atoms with Gasteiger partial charge < -0.3 is 16.2 Å². The summed E-state index contributed by atoms with van der Waals surface area (Å²) in [6, 6.07) is 8.34. The van der Waals surface area contributed by atoms with Gasteiger partial charge in [0.05, 0.1) is 15.9 Å². The molecule has 0 unspecified atom stereocenters. The molecule has 0 saturated carbocycles. The molecule has 0 amide bonds. The molecule has 7 heteroatoms. The van der Waals surface area contributed by atoms with Crippen molar-refractivity contribution < 1.29 is 9.50 Å². The minimum atomic E-state index is -0.241. The van der Waals surface area contributed by atoms with E-state index in [9.17, 15) is 4.39 Å². The number of anilines is 1. The summed E-state index contributed by atoms with van der Waals surface area (Å²) < 4.78 is 14.8. The molecule has 2 aromatic heterocycles. The molecule has 0 spiro atoms. The molecule has 2 heterocycles. The van der Waals surface area contributed by atoms with Gasteiger partial charge in [0.2, 0.25) is 0 Å². The van der Waals surface area contributed by atoms with Crippen molar-refractivity contribution >= 4 is 38.8 Å². The Morgan fingerprint density at radius 1 is 1.38 bits per heavy atom. The van der Waals surface area contributed by atoms with E-state index in [1.165, 1.54) is 6.07 Å². The fourth-order valence-electron chi connectivity index (χ4n) is 2.86. The molecule has 1 atom stereocenters. The van der Waals surface area contributed by atoms with Crippen LogP contribution in [0.3, 0.4) is 0 Å². The Hall–Kier alpha value is -1.73. The first kappa shape index (κ1) is 19.0. The second-order valence-corrected chi connectivity index (χ2v) is 7.73. The molecule has 0 fully saturated rings. The summed E-state index contributed by atoms with van der Waals surface area (Å²) in [6.07, 6.45) is 1.23. The van der Waals surface area contributed by atoms with Crippen LogP contribution in [0, 0.1) is 12.7 Å². The maximum absolute atomic E-state index is 13.9. The van der Waals surface area contributed by atoms with Crippen LogP contribution in [0.4, 0.5) is 10.1 Å². The van der Waals surface area contributed by atoms with E-state index in [1.54, 1.807) is 29.5 Å². The van der Waals surface area contributed by atoms with E-state index in [0.29, 0.717) is 30.1 Å². The van der Waals surface area contributed by atoms with Gasteiger partial charge in [0.15, 0.2) is 0 Å². The second kappa shape index (κ2) is 8.31. The van der Waals surface area contributed by atoms with Gasteiger partial charge in [0.1, 0.15) is 11.0 Å². The number of pyridine rings is 1. The molecule has 0 bridgehead atoms. The number of benzene rings is 1. The first-order valence-corrected chi connectivity index (χ1v) is 9.61. The number of hydrogen-bond donors (Lipinski definition) is 3. The number of aromatic nitrogens is 1. The predicted octanol–water partition coefficient (Wildman–Crippen LogP) is 4.26. The smallest absolute Gasteiger partial charge is 0.131 e. The van der Waals surface area contributed by atoms with Gasteiger partial charge in [-0.15, -0.1) is 11.3 Å². The van der Waals surface area contributed by atoms with Gasteiger partial charge in [0.25, 0.3) is 0 Å². The number of rotatable bonds is 7. The molecule has 138 valence electrons. The second-order valence-electron chi connectivity index (χ2n) is 6.24. The molecule has 0 radical (unpaired) electrons. The van der Waals surface area contributed by atoms with E-state index < -0.39 is 0 Å². The zero-order chi connectivity index (χ0) is 18.7. The highest BCUT2D eigenvalue weighted by molar-refractivity contribution is 7.19. The third kappa shape index (κ3) is 4.15. The number of aliphatic hydroxyl groups excluding tert-OH is 1. The van der Waals surface area contributed by atoms with Crippen molar-refractivity contribution in [2.75, 3.05) is 11.9 Å². The lowest BCUT2D eigenvalue weighted by molar-refractivity contribution is 0.275. The van der Waals surface area contributed by atoms with Gasteiger partial charge in [-0.1, -0.05) is 29.8 Å². The summed E-state index contributed by atoms with van der Waals surface area (Å²) in [4.78, 5) is 5.58. The van der Waals surface area contributed by atoms with Gasteiger partial charge in [-0.05, 0) is 31.4 Å². The van der Waals surface area contributed by atoms with Crippen LogP contribution in [0.25, 0.3) is 10.2 Å². The SMILES string of the molecule is Cc1c(C[C@@H](N)CCO)sc2c(NCc3ccccc3F)cc(Cl)nc12. The van der Waals surface area contributed by atoms with Crippen LogP contribution in [-0.2, 0) is 13.0 Å². The first-order valence-electron chi connectivity index (χ1n) is 8.41. The Morgan fingerprint density at radius 3 is 2.88 bits per heavy atom. The van der Waals surface area contributed by atoms with Crippen molar-refractivity contribution in [1.29, 1.82) is 0 Å². The summed E-state index contributed by atoms with van der Waals surface area (Å²) in [5, 5.41) is 12.7. The van der Waals surface area contributed by atoms with E-state index in [-0.39, 0.29) is 18.5 Å². The number of fused-ring (bicyclic) bond motifs is 1. The average molecular weight is 394 g/mol. The quantitative estimate of drug-likeness (QED) is 0.524. The predicted molar refractivity (Wildman–Crippen MR) is 106 cm³/mol. The standard InChI is InChI=1S/C19H21ClFN3OS/c1-11-16(8-13(22)6-7-25)26-19-15(9-17(20)24-18(11)19)23-10-12-4-2-3-5-14(12)21/h2-5,9,13,25H,6-8,10,22H2,1H3,(H,23,24)/t13-/m0/s1. The fourth-order valence-corrected chi connectivity index (χ4v) is 4.38. The number of nitrogens with one attached hydrogen (secondary N) is 1. The molecule has 26 heavy (non-hydrogen) atoms. The number of aliphatic hydroxyl groups is 1. The summed E-state index contributed by atoms with van der Waals surface area (Å²) >= 11 is 7.81. The Kier molecular flexibility index (Phi) is 6.09. The number of aryl methyl sites for hydroxylation is 1. The molecule has 0 aliphatic rings. The van der Waals surface area contributed by atoms with E-state index in [2.05, 4.69) is 10.3 Å². The molecule has 0 aliphatic heterocycles. The summed E-state index contributed by atoms with van der Waals surface area (Å²) in [5.41, 5.74) is 9.38. The Bertz CT molecular complexity index is 915. The van der Waals surface area contributed by atoms with E-state index >= 15 is 0 Å². The van der Waals surface area contributed by atoms with E-state index in [0.717, 1.165) is 26.3 Å². The number of hydrogen-bond acceptors (Lipinski definition) is 5. The van der Waals surface area contributed by atoms with Crippen molar-refractivity contribution in [2.24, 2.45) is 5.73 Å². The third-order valence-corrected chi connectivity index (χ3v) is 5.85. The minimum absolute atomic E-state index is 0.0740. The lowest BCUT2D eigenvalue weighted by atomic mass is 10.1. The van der Waals surface area contributed by atoms with Crippen LogP contribution in [0.15, 0.2) is 30.3 Å². The molecule has 3 aromatic rings. The Balaban J connectivity index is 1.91. The number of nitrogens with zero attached hydrogens (tertiary/aromatic N) is 1. The highest BCUT2D eigenvalue weighted by Crippen LogP contribution is 2.37. The molecule has 3 rings (SSSR count). The topological polar surface area (TPSA) is 71.2 Å². The van der Waals surface area contributed by atoms with Crippen LogP contribution in [0.2, 0.25) is 5.15 Å². The highest BCUT2D eigenvalue weighted by atomic mass is 35.5. The Labute approximate surface area is 160 Å². The lowest BCUT2D eigenvalue weighted by Gasteiger charge is -2.09. The normalized spacial score (nSPS) is 12.5. The van der Waals surface area contributed by atoms with Crippen molar-refractivity contribution in [3.63, 3.8) is 0 Å². The lowest BCUT2D eigenvalue weighted by Crippen LogP contribution is -2.23. The van der Waals surface area contributed by atoms with Crippen LogP contribution < -0.4 is 11.1 Å². The Morgan fingerprint density at radius 2 is 2.15 bits per heavy atom. The minimum Gasteiger partial charge on any atom is -0.396 e. The third-order valence-electron chi connectivity index (χ3n) is 4.32. The zero-order valence-corrected chi connectivity index (χ0v) is 16.0. The van der Waals surface area contributed by atoms with Crippen LogP contribution >= 0.6 is 22.9 Å². The van der Waals surface area contributed by atoms with Crippen molar-refractivity contribution in [3.8, 4) is 0 Å². The van der Waals surface area contributed by atoms with Crippen molar-refractivity contribution in [1.82, 2.24) is 4.98 Å². The molecule has 0 aliphatic carbocycles.